The van der Waals surface area contributed by atoms with Gasteiger partial charge >= 0.3 is 0 Å². The average molecular weight is 237 g/mol. The molecule has 3 nitrogen and oxygen atoms in total. The maximum Gasteiger partial charge on any atom is 0.185 e. The van der Waals surface area contributed by atoms with E-state index in [1.54, 1.807) is 11.3 Å². The zero-order chi connectivity index (χ0) is 10.8. The van der Waals surface area contributed by atoms with E-state index in [0.29, 0.717) is 0 Å². The molecular weight excluding hydrogens is 218 g/mol. The van der Waals surface area contributed by atoms with Gasteiger partial charge in [0.05, 0.1) is 0 Å². The van der Waals surface area contributed by atoms with Gasteiger partial charge in [-0.15, -0.1) is 11.3 Å². The van der Waals surface area contributed by atoms with E-state index in [-0.39, 0.29) is 0 Å². The largest absolute Gasteiger partial charge is 0.345 e. The molecule has 4 heteroatoms. The van der Waals surface area contributed by atoms with Gasteiger partial charge in [0, 0.05) is 24.2 Å². The highest BCUT2D eigenvalue weighted by atomic mass is 32.1. The molecule has 0 aromatic carbocycles. The summed E-state index contributed by atoms with van der Waals surface area (Å²) in [5, 5.41) is 6.82. The topological polar surface area (TPSA) is 28.2 Å². The van der Waals surface area contributed by atoms with Crippen LogP contribution in [0.15, 0.2) is 11.6 Å². The van der Waals surface area contributed by atoms with Crippen LogP contribution in [0.2, 0.25) is 0 Å². The molecule has 0 bridgehead atoms. The molecule has 1 N–H and O–H groups in total. The summed E-state index contributed by atoms with van der Waals surface area (Å²) >= 11 is 1.78. The predicted molar refractivity (Wildman–Crippen MR) is 68.1 cm³/mol. The Morgan fingerprint density at radius 3 is 3.00 bits per heavy atom. The molecule has 16 heavy (non-hydrogen) atoms. The fraction of sp³-hybridized carbons (Fsp3) is 0.750. The SMILES string of the molecule is c1csc(N(CC2CCCNC2)C2CC2)n1. The van der Waals surface area contributed by atoms with Crippen LogP contribution in [0.1, 0.15) is 25.7 Å². The molecule has 1 aliphatic heterocycles. The number of thiazole rings is 1. The highest BCUT2D eigenvalue weighted by molar-refractivity contribution is 7.13. The minimum absolute atomic E-state index is 0.785. The zero-order valence-corrected chi connectivity index (χ0v) is 10.4. The van der Waals surface area contributed by atoms with E-state index in [1.807, 2.05) is 6.20 Å². The van der Waals surface area contributed by atoms with Crippen molar-refractivity contribution in [3.05, 3.63) is 11.6 Å². The zero-order valence-electron chi connectivity index (χ0n) is 9.56. The standard InChI is InChI=1S/C12H19N3S/c1-2-10(8-13-5-1)9-15(11-3-4-11)12-14-6-7-16-12/h6-7,10-11,13H,1-5,8-9H2. The number of aromatic nitrogens is 1. The summed E-state index contributed by atoms with van der Waals surface area (Å²) in [7, 11) is 0. The van der Waals surface area contributed by atoms with Crippen molar-refractivity contribution < 1.29 is 0 Å². The van der Waals surface area contributed by atoms with Crippen LogP contribution < -0.4 is 10.2 Å². The Bertz CT molecular complexity index is 315. The van der Waals surface area contributed by atoms with Crippen LogP contribution in [0.4, 0.5) is 5.13 Å². The third-order valence-corrected chi connectivity index (χ3v) is 4.32. The third-order valence-electron chi connectivity index (χ3n) is 3.51. The highest BCUT2D eigenvalue weighted by Gasteiger charge is 2.32. The summed E-state index contributed by atoms with van der Waals surface area (Å²) in [5.74, 6) is 0.818. The summed E-state index contributed by atoms with van der Waals surface area (Å²) in [6.45, 7) is 3.59. The van der Waals surface area contributed by atoms with Gasteiger partial charge in [-0.05, 0) is 44.7 Å². The van der Waals surface area contributed by atoms with Gasteiger partial charge in [0.15, 0.2) is 5.13 Å². The van der Waals surface area contributed by atoms with Gasteiger partial charge in [0.1, 0.15) is 0 Å². The maximum absolute atomic E-state index is 4.47. The van der Waals surface area contributed by atoms with Crippen molar-refractivity contribution in [2.24, 2.45) is 5.92 Å². The third kappa shape index (κ3) is 2.38. The number of hydrogen-bond donors (Lipinski definition) is 1. The Morgan fingerprint density at radius 1 is 1.44 bits per heavy atom. The van der Waals surface area contributed by atoms with Crippen molar-refractivity contribution in [3.63, 3.8) is 0 Å². The van der Waals surface area contributed by atoms with E-state index in [0.717, 1.165) is 12.0 Å². The Labute approximate surface area is 101 Å². The molecule has 1 saturated carbocycles. The van der Waals surface area contributed by atoms with Gasteiger partial charge in [-0.3, -0.25) is 0 Å². The summed E-state index contributed by atoms with van der Waals surface area (Å²) in [6.07, 6.45) is 7.36. The van der Waals surface area contributed by atoms with Crippen LogP contribution >= 0.6 is 11.3 Å². The van der Waals surface area contributed by atoms with Crippen LogP contribution in [0, 0.1) is 5.92 Å². The summed E-state index contributed by atoms with van der Waals surface area (Å²) < 4.78 is 0. The van der Waals surface area contributed by atoms with E-state index in [1.165, 1.54) is 50.4 Å². The normalized spacial score (nSPS) is 25.6. The number of nitrogens with one attached hydrogen (secondary N) is 1. The molecule has 88 valence electrons. The monoisotopic (exact) mass is 237 g/mol. The Kier molecular flexibility index (Phi) is 3.11. The van der Waals surface area contributed by atoms with Gasteiger partial charge in [-0.2, -0.15) is 0 Å². The van der Waals surface area contributed by atoms with Crippen LogP contribution in [-0.2, 0) is 0 Å². The second-order valence-corrected chi connectivity index (χ2v) is 5.78. The Morgan fingerprint density at radius 2 is 2.38 bits per heavy atom. The molecule has 1 aromatic rings. The van der Waals surface area contributed by atoms with Gasteiger partial charge in [0.25, 0.3) is 0 Å². The quantitative estimate of drug-likeness (QED) is 0.869. The number of piperidine rings is 1. The minimum atomic E-state index is 0.785. The summed E-state index contributed by atoms with van der Waals surface area (Å²) in [4.78, 5) is 7.01. The molecule has 0 radical (unpaired) electrons. The molecule has 1 aliphatic carbocycles. The second kappa shape index (κ2) is 4.72. The molecule has 1 unspecified atom stereocenters. The predicted octanol–water partition coefficient (Wildman–Crippen LogP) is 2.11. The van der Waals surface area contributed by atoms with E-state index in [4.69, 9.17) is 0 Å². The van der Waals surface area contributed by atoms with E-state index >= 15 is 0 Å². The maximum atomic E-state index is 4.47. The molecule has 0 amide bonds. The summed E-state index contributed by atoms with van der Waals surface area (Å²) in [6, 6.07) is 0.785. The first-order valence-electron chi connectivity index (χ1n) is 6.30. The molecule has 1 aromatic heterocycles. The van der Waals surface area contributed by atoms with Crippen molar-refractivity contribution in [2.45, 2.75) is 31.7 Å². The van der Waals surface area contributed by atoms with Gasteiger partial charge in [-0.25, -0.2) is 4.98 Å². The fourth-order valence-electron chi connectivity index (χ4n) is 2.49. The van der Waals surface area contributed by atoms with Crippen LogP contribution in [0.5, 0.6) is 0 Å². The van der Waals surface area contributed by atoms with Gasteiger partial charge in [0.2, 0.25) is 0 Å². The van der Waals surface area contributed by atoms with Crippen molar-refractivity contribution in [1.82, 2.24) is 10.3 Å². The first-order chi connectivity index (χ1) is 7.93. The fourth-order valence-corrected chi connectivity index (χ4v) is 3.21. The molecule has 3 rings (SSSR count). The summed E-state index contributed by atoms with van der Waals surface area (Å²) in [5.41, 5.74) is 0. The second-order valence-electron chi connectivity index (χ2n) is 4.91. The van der Waals surface area contributed by atoms with Crippen molar-refractivity contribution in [2.75, 3.05) is 24.5 Å². The van der Waals surface area contributed by atoms with Crippen LogP contribution in [0.3, 0.4) is 0 Å². The number of hydrogen-bond acceptors (Lipinski definition) is 4. The van der Waals surface area contributed by atoms with Gasteiger partial charge < -0.3 is 10.2 Å². The van der Waals surface area contributed by atoms with Crippen molar-refractivity contribution in [1.29, 1.82) is 0 Å². The van der Waals surface area contributed by atoms with Crippen LogP contribution in [-0.4, -0.2) is 30.7 Å². The molecule has 0 spiro atoms. The first-order valence-corrected chi connectivity index (χ1v) is 7.18. The van der Waals surface area contributed by atoms with E-state index in [9.17, 15) is 0 Å². The molecule has 1 atom stereocenters. The van der Waals surface area contributed by atoms with E-state index in [2.05, 4.69) is 20.6 Å². The average Bonchev–Trinajstić information content (AvgIpc) is 3.02. The van der Waals surface area contributed by atoms with Crippen molar-refractivity contribution in [3.8, 4) is 0 Å². The molecule has 2 aliphatic rings. The van der Waals surface area contributed by atoms with Crippen LogP contribution in [0.25, 0.3) is 0 Å². The number of rotatable bonds is 4. The Hall–Kier alpha value is -0.610. The lowest BCUT2D eigenvalue weighted by Crippen LogP contribution is -2.39. The number of nitrogens with zero attached hydrogens (tertiary/aromatic N) is 2. The molecular formula is C12H19N3S. The first kappa shape index (κ1) is 10.5. The lowest BCUT2D eigenvalue weighted by molar-refractivity contribution is 0.376. The Balaban J connectivity index is 1.64. The van der Waals surface area contributed by atoms with Gasteiger partial charge in [-0.1, -0.05) is 0 Å². The highest BCUT2D eigenvalue weighted by Crippen LogP contribution is 2.33. The molecule has 2 heterocycles. The van der Waals surface area contributed by atoms with E-state index < -0.39 is 0 Å². The number of anilines is 1. The minimum Gasteiger partial charge on any atom is -0.345 e. The smallest absolute Gasteiger partial charge is 0.185 e. The molecule has 2 fully saturated rings. The van der Waals surface area contributed by atoms with Crippen molar-refractivity contribution >= 4 is 16.5 Å². The molecule has 1 saturated heterocycles. The lowest BCUT2D eigenvalue weighted by Gasteiger charge is -2.30. The lowest BCUT2D eigenvalue weighted by atomic mass is 9.99.